The zero-order valence-electron chi connectivity index (χ0n) is 13.2. The first kappa shape index (κ1) is 15.8. The van der Waals surface area contributed by atoms with Gasteiger partial charge in [0, 0.05) is 17.1 Å². The van der Waals surface area contributed by atoms with E-state index in [0.29, 0.717) is 12.4 Å². The second-order valence-corrected chi connectivity index (χ2v) is 8.12. The summed E-state index contributed by atoms with van der Waals surface area (Å²) in [6.07, 6.45) is 1.86. The minimum atomic E-state index is -0.110. The monoisotopic (exact) mass is 335 g/mol. The molecule has 0 aromatic carbocycles. The van der Waals surface area contributed by atoms with E-state index < -0.39 is 0 Å². The molecule has 3 rings (SSSR count). The molecule has 1 aliphatic rings. The second-order valence-electron chi connectivity index (χ2n) is 6.09. The molecule has 22 heavy (non-hydrogen) atoms. The van der Waals surface area contributed by atoms with Gasteiger partial charge in [0.1, 0.15) is 10.6 Å². The predicted molar refractivity (Wildman–Crippen MR) is 94.6 cm³/mol. The lowest BCUT2D eigenvalue weighted by Gasteiger charge is -2.33. The number of thiophene rings is 1. The number of ether oxygens (including phenoxy) is 1. The van der Waals surface area contributed by atoms with Crippen LogP contribution in [0.1, 0.15) is 37.6 Å². The molecule has 6 heteroatoms. The first-order valence-corrected chi connectivity index (χ1v) is 9.21. The van der Waals surface area contributed by atoms with Gasteiger partial charge in [-0.25, -0.2) is 9.97 Å². The van der Waals surface area contributed by atoms with Crippen molar-refractivity contribution in [1.82, 2.24) is 9.97 Å². The number of hydrogen-bond acceptors (Lipinski definition) is 6. The Labute approximate surface area is 139 Å². The summed E-state index contributed by atoms with van der Waals surface area (Å²) < 4.78 is 6.02. The maximum absolute atomic E-state index is 6.24. The van der Waals surface area contributed by atoms with Crippen molar-refractivity contribution < 1.29 is 4.74 Å². The number of anilines is 1. The maximum Gasteiger partial charge on any atom is 0.191 e. The van der Waals surface area contributed by atoms with Crippen molar-refractivity contribution in [2.45, 2.75) is 51.0 Å². The van der Waals surface area contributed by atoms with Gasteiger partial charge in [0.05, 0.1) is 17.6 Å². The minimum Gasteiger partial charge on any atom is -0.383 e. The number of hydrogen-bond donors (Lipinski definition) is 1. The number of nitrogens with zero attached hydrogens (tertiary/aromatic N) is 2. The first-order valence-electron chi connectivity index (χ1n) is 7.41. The van der Waals surface area contributed by atoms with Gasteiger partial charge < -0.3 is 10.5 Å². The summed E-state index contributed by atoms with van der Waals surface area (Å²) in [6, 6.07) is 0. The SMILES string of the molecule is C=C(C)CSc1nc(N)c2c3c(sc2n1)COC(C)(CC)C3. The van der Waals surface area contributed by atoms with E-state index in [9.17, 15) is 0 Å². The molecule has 0 fully saturated rings. The minimum absolute atomic E-state index is 0.110. The Kier molecular flexibility index (Phi) is 4.18. The third kappa shape index (κ3) is 2.87. The van der Waals surface area contributed by atoms with Crippen LogP contribution in [0.4, 0.5) is 5.82 Å². The Balaban J connectivity index is 2.02. The molecule has 2 aromatic heterocycles. The lowest BCUT2D eigenvalue weighted by molar-refractivity contribution is -0.0542. The first-order chi connectivity index (χ1) is 10.4. The van der Waals surface area contributed by atoms with Gasteiger partial charge >= 0.3 is 0 Å². The molecule has 0 radical (unpaired) electrons. The molecule has 1 unspecified atom stereocenters. The van der Waals surface area contributed by atoms with E-state index in [0.717, 1.165) is 39.5 Å². The summed E-state index contributed by atoms with van der Waals surface area (Å²) >= 11 is 3.26. The molecule has 4 nitrogen and oxygen atoms in total. The summed E-state index contributed by atoms with van der Waals surface area (Å²) in [5, 5.41) is 1.76. The Bertz CT molecular complexity index is 741. The van der Waals surface area contributed by atoms with Crippen LogP contribution < -0.4 is 5.73 Å². The second kappa shape index (κ2) is 5.83. The molecule has 0 saturated heterocycles. The van der Waals surface area contributed by atoms with E-state index >= 15 is 0 Å². The van der Waals surface area contributed by atoms with Crippen molar-refractivity contribution in [1.29, 1.82) is 0 Å². The summed E-state index contributed by atoms with van der Waals surface area (Å²) in [6.45, 7) is 10.9. The zero-order chi connectivity index (χ0) is 15.9. The molecule has 0 aliphatic carbocycles. The van der Waals surface area contributed by atoms with Crippen LogP contribution in [0.25, 0.3) is 10.2 Å². The van der Waals surface area contributed by atoms with Crippen LogP contribution in [0, 0.1) is 0 Å². The Morgan fingerprint density at radius 3 is 2.95 bits per heavy atom. The molecule has 2 N–H and O–H groups in total. The summed E-state index contributed by atoms with van der Waals surface area (Å²) in [7, 11) is 0. The largest absolute Gasteiger partial charge is 0.383 e. The van der Waals surface area contributed by atoms with Crippen molar-refractivity contribution in [3.05, 3.63) is 22.6 Å². The van der Waals surface area contributed by atoms with Gasteiger partial charge in [0.2, 0.25) is 0 Å². The lowest BCUT2D eigenvalue weighted by Crippen LogP contribution is -2.33. The van der Waals surface area contributed by atoms with Crippen molar-refractivity contribution in [3.8, 4) is 0 Å². The van der Waals surface area contributed by atoms with E-state index in [1.807, 2.05) is 6.92 Å². The molecular weight excluding hydrogens is 314 g/mol. The molecule has 3 heterocycles. The van der Waals surface area contributed by atoms with E-state index in [4.69, 9.17) is 10.5 Å². The average molecular weight is 335 g/mol. The zero-order valence-corrected chi connectivity index (χ0v) is 14.9. The fourth-order valence-electron chi connectivity index (χ4n) is 2.56. The highest BCUT2D eigenvalue weighted by atomic mass is 32.2. The fraction of sp³-hybridized carbons (Fsp3) is 0.500. The van der Waals surface area contributed by atoms with E-state index in [1.165, 1.54) is 10.4 Å². The van der Waals surface area contributed by atoms with Crippen molar-refractivity contribution in [2.75, 3.05) is 11.5 Å². The van der Waals surface area contributed by atoms with Gasteiger partial charge in [-0.3, -0.25) is 0 Å². The Morgan fingerprint density at radius 1 is 1.50 bits per heavy atom. The number of fused-ring (bicyclic) bond motifs is 3. The Morgan fingerprint density at radius 2 is 2.27 bits per heavy atom. The summed E-state index contributed by atoms with van der Waals surface area (Å²) in [4.78, 5) is 11.4. The van der Waals surface area contributed by atoms with E-state index in [1.54, 1.807) is 23.1 Å². The quantitative estimate of drug-likeness (QED) is 0.516. The highest BCUT2D eigenvalue weighted by Gasteiger charge is 2.32. The Hall–Kier alpha value is -1.11. The fourth-order valence-corrected chi connectivity index (χ4v) is 4.42. The molecular formula is C16H21N3OS2. The molecule has 0 spiro atoms. The summed E-state index contributed by atoms with van der Waals surface area (Å²) in [5.74, 6) is 1.40. The predicted octanol–water partition coefficient (Wildman–Crippen LogP) is 4.18. The number of nitrogen functional groups attached to an aromatic ring is 1. The summed E-state index contributed by atoms with van der Waals surface area (Å²) in [5.41, 5.74) is 8.51. The third-order valence-electron chi connectivity index (χ3n) is 4.04. The average Bonchev–Trinajstić information content (AvgIpc) is 2.83. The molecule has 0 amide bonds. The number of aromatic nitrogens is 2. The van der Waals surface area contributed by atoms with Crippen LogP contribution in [-0.2, 0) is 17.8 Å². The van der Waals surface area contributed by atoms with Crippen molar-refractivity contribution >= 4 is 39.1 Å². The van der Waals surface area contributed by atoms with Crippen LogP contribution in [0.5, 0.6) is 0 Å². The van der Waals surface area contributed by atoms with Gasteiger partial charge in [0.15, 0.2) is 5.16 Å². The maximum atomic E-state index is 6.24. The van der Waals surface area contributed by atoms with Crippen LogP contribution in [-0.4, -0.2) is 21.3 Å². The van der Waals surface area contributed by atoms with Crippen LogP contribution in [0.15, 0.2) is 17.3 Å². The smallest absolute Gasteiger partial charge is 0.191 e. The van der Waals surface area contributed by atoms with Gasteiger partial charge in [0.25, 0.3) is 0 Å². The standard InChI is InChI=1S/C16H21N3OS2/c1-5-16(4)6-10-11(7-20-16)22-14-12(10)13(17)18-15(19-14)21-8-9(2)3/h2,5-8H2,1,3-4H3,(H2,17,18,19). The highest BCUT2D eigenvalue weighted by Crippen LogP contribution is 2.41. The van der Waals surface area contributed by atoms with Gasteiger partial charge in [-0.05, 0) is 25.8 Å². The molecule has 0 bridgehead atoms. The van der Waals surface area contributed by atoms with Crippen molar-refractivity contribution in [3.63, 3.8) is 0 Å². The lowest BCUT2D eigenvalue weighted by atomic mass is 9.90. The molecule has 1 aliphatic heterocycles. The van der Waals surface area contributed by atoms with E-state index in [2.05, 4.69) is 30.4 Å². The number of thioether (sulfide) groups is 1. The van der Waals surface area contributed by atoms with Gasteiger partial charge in [-0.1, -0.05) is 30.8 Å². The van der Waals surface area contributed by atoms with Crippen LogP contribution >= 0.6 is 23.1 Å². The van der Waals surface area contributed by atoms with Crippen LogP contribution in [0.3, 0.4) is 0 Å². The van der Waals surface area contributed by atoms with E-state index in [-0.39, 0.29) is 5.60 Å². The van der Waals surface area contributed by atoms with Crippen molar-refractivity contribution in [2.24, 2.45) is 0 Å². The van der Waals surface area contributed by atoms with Crippen LogP contribution in [0.2, 0.25) is 0 Å². The number of nitrogens with two attached hydrogens (primary N) is 1. The third-order valence-corrected chi connectivity index (χ3v) is 6.22. The molecule has 118 valence electrons. The van der Waals surface area contributed by atoms with Gasteiger partial charge in [-0.2, -0.15) is 0 Å². The molecule has 1 atom stereocenters. The topological polar surface area (TPSA) is 61.0 Å². The normalized spacial score (nSPS) is 21.0. The number of rotatable bonds is 4. The highest BCUT2D eigenvalue weighted by molar-refractivity contribution is 7.99. The molecule has 0 saturated carbocycles. The van der Waals surface area contributed by atoms with Gasteiger partial charge in [-0.15, -0.1) is 11.3 Å². The molecule has 2 aromatic rings.